The minimum Gasteiger partial charge on any atom is -0.308 e. The van der Waals surface area contributed by atoms with Crippen molar-refractivity contribution in [1.29, 1.82) is 5.26 Å². The van der Waals surface area contributed by atoms with E-state index in [1.165, 1.54) is 18.6 Å². The molecular weight excluding hydrogens is 204 g/mol. The molecule has 1 aromatic rings. The average molecular weight is 218 g/mol. The molecule has 0 saturated carbocycles. The molecule has 0 saturated heterocycles. The van der Waals surface area contributed by atoms with E-state index in [2.05, 4.69) is 21.4 Å². The van der Waals surface area contributed by atoms with Crippen molar-refractivity contribution in [3.05, 3.63) is 18.6 Å². The van der Waals surface area contributed by atoms with E-state index in [1.807, 2.05) is 13.8 Å². The number of carbonyl (C=O) groups is 1. The van der Waals surface area contributed by atoms with Crippen LogP contribution < -0.4 is 5.32 Å². The summed E-state index contributed by atoms with van der Waals surface area (Å²) in [6, 6.07) is 2.07. The molecule has 0 bridgehead atoms. The van der Waals surface area contributed by atoms with Gasteiger partial charge in [-0.05, 0) is 12.8 Å². The fraction of sp³-hybridized carbons (Fsp3) is 0.455. The molecule has 1 rings (SSSR count). The van der Waals surface area contributed by atoms with Gasteiger partial charge in [0.1, 0.15) is 5.41 Å². The summed E-state index contributed by atoms with van der Waals surface area (Å²) in [4.78, 5) is 19.7. The van der Waals surface area contributed by atoms with Crippen LogP contribution in [0.3, 0.4) is 0 Å². The zero-order chi connectivity index (χ0) is 12.0. The Bertz CT molecular complexity index is 392. The number of hydrogen-bond donors (Lipinski definition) is 1. The van der Waals surface area contributed by atoms with Gasteiger partial charge in [0.25, 0.3) is 0 Å². The third-order valence-electron chi connectivity index (χ3n) is 2.66. The Kier molecular flexibility index (Phi) is 3.95. The Morgan fingerprint density at radius 3 is 2.62 bits per heavy atom. The van der Waals surface area contributed by atoms with Crippen LogP contribution in [0.1, 0.15) is 26.7 Å². The number of nitrogens with one attached hydrogen (secondary N) is 1. The van der Waals surface area contributed by atoms with Crippen molar-refractivity contribution < 1.29 is 4.79 Å². The zero-order valence-corrected chi connectivity index (χ0v) is 9.40. The van der Waals surface area contributed by atoms with Crippen molar-refractivity contribution in [2.45, 2.75) is 26.7 Å². The second-order valence-corrected chi connectivity index (χ2v) is 3.45. The highest BCUT2D eigenvalue weighted by Crippen LogP contribution is 2.26. The molecule has 0 radical (unpaired) electrons. The number of rotatable bonds is 4. The van der Waals surface area contributed by atoms with Gasteiger partial charge in [0.2, 0.25) is 5.91 Å². The maximum atomic E-state index is 11.9. The normalized spacial score (nSPS) is 10.6. The summed E-state index contributed by atoms with van der Waals surface area (Å²) >= 11 is 0. The van der Waals surface area contributed by atoms with Crippen molar-refractivity contribution >= 4 is 11.7 Å². The van der Waals surface area contributed by atoms with Gasteiger partial charge in [-0.15, -0.1) is 0 Å². The van der Waals surface area contributed by atoms with Crippen LogP contribution in [-0.4, -0.2) is 15.9 Å². The monoisotopic (exact) mass is 218 g/mol. The predicted octanol–water partition coefficient (Wildman–Crippen LogP) is 1.75. The van der Waals surface area contributed by atoms with E-state index in [1.54, 1.807) is 0 Å². The van der Waals surface area contributed by atoms with Crippen molar-refractivity contribution in [2.24, 2.45) is 5.41 Å². The molecule has 1 aromatic heterocycles. The van der Waals surface area contributed by atoms with Crippen LogP contribution in [0.4, 0.5) is 5.82 Å². The van der Waals surface area contributed by atoms with Crippen LogP contribution in [-0.2, 0) is 4.79 Å². The van der Waals surface area contributed by atoms with Gasteiger partial charge in [0, 0.05) is 12.4 Å². The average Bonchev–Trinajstić information content (AvgIpc) is 2.33. The van der Waals surface area contributed by atoms with Crippen LogP contribution >= 0.6 is 0 Å². The molecule has 5 heteroatoms. The Morgan fingerprint density at radius 2 is 2.19 bits per heavy atom. The van der Waals surface area contributed by atoms with Gasteiger partial charge in [-0.25, -0.2) is 4.98 Å². The number of amides is 1. The predicted molar refractivity (Wildman–Crippen MR) is 59.3 cm³/mol. The second-order valence-electron chi connectivity index (χ2n) is 3.45. The van der Waals surface area contributed by atoms with Crippen molar-refractivity contribution in [3.63, 3.8) is 0 Å². The minimum absolute atomic E-state index is 0.319. The number of aromatic nitrogens is 2. The van der Waals surface area contributed by atoms with Crippen LogP contribution in [0.5, 0.6) is 0 Å². The van der Waals surface area contributed by atoms with E-state index in [-0.39, 0.29) is 5.91 Å². The van der Waals surface area contributed by atoms with Crippen LogP contribution in [0.2, 0.25) is 0 Å². The Morgan fingerprint density at radius 1 is 1.50 bits per heavy atom. The molecule has 0 aromatic carbocycles. The van der Waals surface area contributed by atoms with Gasteiger partial charge in [0.05, 0.1) is 12.3 Å². The quantitative estimate of drug-likeness (QED) is 0.834. The summed E-state index contributed by atoms with van der Waals surface area (Å²) in [5.41, 5.74) is -0.975. The topological polar surface area (TPSA) is 78.7 Å². The minimum atomic E-state index is -0.975. The van der Waals surface area contributed by atoms with Crippen molar-refractivity contribution in [1.82, 2.24) is 9.97 Å². The standard InChI is InChI=1S/C11H14N4O/c1-3-11(4-2,8-12)10(16)15-9-7-13-5-6-14-9/h5-7H,3-4H2,1-2H3,(H,14,15,16). The molecule has 1 amide bonds. The van der Waals surface area contributed by atoms with Gasteiger partial charge < -0.3 is 5.32 Å². The molecule has 0 aliphatic rings. The highest BCUT2D eigenvalue weighted by molar-refractivity contribution is 5.96. The van der Waals surface area contributed by atoms with Crippen molar-refractivity contribution in [2.75, 3.05) is 5.32 Å². The molecule has 1 heterocycles. The lowest BCUT2D eigenvalue weighted by atomic mass is 9.83. The van der Waals surface area contributed by atoms with Crippen LogP contribution in [0.15, 0.2) is 18.6 Å². The largest absolute Gasteiger partial charge is 0.308 e. The fourth-order valence-electron chi connectivity index (χ4n) is 1.38. The molecule has 0 atom stereocenters. The molecule has 0 spiro atoms. The Hall–Kier alpha value is -1.96. The number of anilines is 1. The molecule has 16 heavy (non-hydrogen) atoms. The SMILES string of the molecule is CCC(C#N)(CC)C(=O)Nc1cnccn1. The fourth-order valence-corrected chi connectivity index (χ4v) is 1.38. The Balaban J connectivity index is 2.83. The van der Waals surface area contributed by atoms with Crippen molar-refractivity contribution in [3.8, 4) is 6.07 Å². The molecule has 1 N–H and O–H groups in total. The first-order valence-corrected chi connectivity index (χ1v) is 5.17. The number of nitriles is 1. The lowest BCUT2D eigenvalue weighted by Gasteiger charge is -2.21. The van der Waals surface area contributed by atoms with Crippen LogP contribution in [0, 0.1) is 16.7 Å². The number of hydrogen-bond acceptors (Lipinski definition) is 4. The van der Waals surface area contributed by atoms with Gasteiger partial charge in [0.15, 0.2) is 5.82 Å². The number of nitrogens with zero attached hydrogens (tertiary/aromatic N) is 3. The summed E-state index contributed by atoms with van der Waals surface area (Å²) in [5.74, 6) is 0.0505. The molecule has 0 aliphatic heterocycles. The Labute approximate surface area is 94.5 Å². The summed E-state index contributed by atoms with van der Waals surface area (Å²) in [7, 11) is 0. The molecular formula is C11H14N4O. The van der Waals surface area contributed by atoms with Gasteiger partial charge in [-0.3, -0.25) is 9.78 Å². The smallest absolute Gasteiger partial charge is 0.246 e. The molecule has 0 fully saturated rings. The third kappa shape index (κ3) is 2.34. The van der Waals surface area contributed by atoms with Gasteiger partial charge in [-0.2, -0.15) is 5.26 Å². The first kappa shape index (κ1) is 12.1. The van der Waals surface area contributed by atoms with E-state index in [0.717, 1.165) is 0 Å². The highest BCUT2D eigenvalue weighted by Gasteiger charge is 2.35. The molecule has 0 unspecified atom stereocenters. The second kappa shape index (κ2) is 5.21. The van der Waals surface area contributed by atoms with Gasteiger partial charge in [-0.1, -0.05) is 13.8 Å². The molecule has 84 valence electrons. The molecule has 5 nitrogen and oxygen atoms in total. The summed E-state index contributed by atoms with van der Waals surface area (Å²) in [6.45, 7) is 3.64. The maximum Gasteiger partial charge on any atom is 0.246 e. The third-order valence-corrected chi connectivity index (χ3v) is 2.66. The number of carbonyl (C=O) groups excluding carboxylic acids is 1. The highest BCUT2D eigenvalue weighted by atomic mass is 16.2. The molecule has 0 aliphatic carbocycles. The van der Waals surface area contributed by atoms with E-state index in [4.69, 9.17) is 5.26 Å². The van der Waals surface area contributed by atoms with Crippen LogP contribution in [0.25, 0.3) is 0 Å². The van der Waals surface area contributed by atoms with E-state index >= 15 is 0 Å². The summed E-state index contributed by atoms with van der Waals surface area (Å²) in [6.07, 6.45) is 5.41. The zero-order valence-electron chi connectivity index (χ0n) is 9.40. The summed E-state index contributed by atoms with van der Waals surface area (Å²) < 4.78 is 0. The lowest BCUT2D eigenvalue weighted by Crippen LogP contribution is -2.34. The lowest BCUT2D eigenvalue weighted by molar-refractivity contribution is -0.123. The summed E-state index contributed by atoms with van der Waals surface area (Å²) in [5, 5.41) is 11.7. The van der Waals surface area contributed by atoms with Gasteiger partial charge >= 0.3 is 0 Å². The first-order valence-electron chi connectivity index (χ1n) is 5.17. The van der Waals surface area contributed by atoms with E-state index in [9.17, 15) is 4.79 Å². The van der Waals surface area contributed by atoms with E-state index < -0.39 is 5.41 Å². The maximum absolute atomic E-state index is 11.9. The van der Waals surface area contributed by atoms with E-state index in [0.29, 0.717) is 18.7 Å². The first-order chi connectivity index (χ1) is 7.68.